The Morgan fingerprint density at radius 2 is 1.96 bits per heavy atom. The topological polar surface area (TPSA) is 107 Å². The van der Waals surface area contributed by atoms with Gasteiger partial charge < -0.3 is 14.3 Å². The van der Waals surface area contributed by atoms with Gasteiger partial charge in [-0.25, -0.2) is 14.3 Å². The van der Waals surface area contributed by atoms with Crippen molar-refractivity contribution in [3.63, 3.8) is 0 Å². The largest absolute Gasteiger partial charge is 0.494 e. The number of fused-ring (bicyclic) bond motifs is 1. The highest BCUT2D eigenvalue weighted by molar-refractivity contribution is 5.92. The fourth-order valence-electron chi connectivity index (χ4n) is 2.75. The van der Waals surface area contributed by atoms with Gasteiger partial charge in [0.15, 0.2) is 0 Å². The average Bonchev–Trinajstić information content (AvgIpc) is 3.17. The van der Waals surface area contributed by atoms with E-state index in [-0.39, 0.29) is 5.58 Å². The summed E-state index contributed by atoms with van der Waals surface area (Å²) in [5.74, 6) is -0.951. The predicted octanol–water partition coefficient (Wildman–Crippen LogP) is 2.75. The maximum absolute atomic E-state index is 11.8. The van der Waals surface area contributed by atoms with Crippen LogP contribution in [0.1, 0.15) is 10.4 Å². The van der Waals surface area contributed by atoms with Crippen LogP contribution in [0.25, 0.3) is 27.9 Å². The van der Waals surface area contributed by atoms with E-state index in [4.69, 9.17) is 14.3 Å². The van der Waals surface area contributed by atoms with Crippen LogP contribution in [-0.2, 0) is 0 Å². The molecule has 0 aliphatic carbocycles. The Bertz CT molecular complexity index is 1210. The summed E-state index contributed by atoms with van der Waals surface area (Å²) in [5.41, 5.74) is 0.962. The van der Waals surface area contributed by atoms with E-state index in [1.54, 1.807) is 12.3 Å². The van der Waals surface area contributed by atoms with Gasteiger partial charge in [-0.2, -0.15) is 0 Å². The van der Waals surface area contributed by atoms with Crippen molar-refractivity contribution in [2.24, 2.45) is 0 Å². The van der Waals surface area contributed by atoms with Gasteiger partial charge >= 0.3 is 11.6 Å². The summed E-state index contributed by atoms with van der Waals surface area (Å²) in [4.78, 5) is 23.0. The molecule has 1 N–H and O–H groups in total. The molecule has 0 atom stereocenters. The number of carboxylic acids is 1. The summed E-state index contributed by atoms with van der Waals surface area (Å²) in [7, 11) is 1.48. The minimum atomic E-state index is -1.35. The van der Waals surface area contributed by atoms with Crippen LogP contribution in [0.2, 0.25) is 0 Å². The summed E-state index contributed by atoms with van der Waals surface area (Å²) >= 11 is 0. The van der Waals surface area contributed by atoms with E-state index in [0.717, 1.165) is 5.56 Å². The van der Waals surface area contributed by atoms with E-state index in [2.05, 4.69) is 10.3 Å². The second kappa shape index (κ2) is 6.41. The van der Waals surface area contributed by atoms with Crippen molar-refractivity contribution >= 4 is 16.9 Å². The molecule has 0 aliphatic heterocycles. The molecule has 0 spiro atoms. The number of ether oxygens (including phenoxy) is 1. The zero-order valence-electron chi connectivity index (χ0n) is 14.1. The molecule has 0 bridgehead atoms. The molecule has 0 fully saturated rings. The van der Waals surface area contributed by atoms with Gasteiger partial charge in [0.25, 0.3) is 0 Å². The third kappa shape index (κ3) is 2.93. The lowest BCUT2D eigenvalue weighted by Gasteiger charge is -2.09. The monoisotopic (exact) mass is 363 g/mol. The smallest absolute Gasteiger partial charge is 0.351 e. The van der Waals surface area contributed by atoms with Gasteiger partial charge in [-0.05, 0) is 12.1 Å². The van der Waals surface area contributed by atoms with E-state index in [1.165, 1.54) is 23.9 Å². The van der Waals surface area contributed by atoms with Crippen LogP contribution in [-0.4, -0.2) is 33.2 Å². The zero-order chi connectivity index (χ0) is 19.0. The van der Waals surface area contributed by atoms with Crippen molar-refractivity contribution in [3.8, 4) is 22.7 Å². The third-order valence-electron chi connectivity index (χ3n) is 4.07. The number of aromatic nitrogens is 3. The Hall–Kier alpha value is -3.94. The van der Waals surface area contributed by atoms with Crippen molar-refractivity contribution in [2.75, 3.05) is 7.11 Å². The number of methoxy groups -OCH3 is 1. The molecule has 8 heteroatoms. The van der Waals surface area contributed by atoms with Gasteiger partial charge in [0, 0.05) is 17.0 Å². The number of carbonyl (C=O) groups is 1. The summed E-state index contributed by atoms with van der Waals surface area (Å²) in [6.07, 6.45) is 1.73. The molecule has 4 aromatic rings. The molecule has 0 aliphatic rings. The van der Waals surface area contributed by atoms with Crippen molar-refractivity contribution < 1.29 is 19.1 Å². The first-order valence-electron chi connectivity index (χ1n) is 7.94. The van der Waals surface area contributed by atoms with Crippen LogP contribution in [0, 0.1) is 0 Å². The molecule has 8 nitrogen and oxygen atoms in total. The Morgan fingerprint density at radius 1 is 1.19 bits per heavy atom. The first kappa shape index (κ1) is 16.5. The average molecular weight is 363 g/mol. The second-order valence-corrected chi connectivity index (χ2v) is 5.73. The van der Waals surface area contributed by atoms with Gasteiger partial charge in [-0.15, -0.1) is 5.10 Å². The number of aromatic carboxylic acids is 1. The molecule has 27 heavy (non-hydrogen) atoms. The van der Waals surface area contributed by atoms with Crippen LogP contribution < -0.4 is 10.4 Å². The van der Waals surface area contributed by atoms with Gasteiger partial charge in [0.1, 0.15) is 28.3 Å². The lowest BCUT2D eigenvalue weighted by Crippen LogP contribution is -2.13. The molecule has 2 heterocycles. The molecular formula is C19H13N3O5. The Labute approximate surface area is 152 Å². The van der Waals surface area contributed by atoms with Crippen molar-refractivity contribution in [1.82, 2.24) is 15.0 Å². The van der Waals surface area contributed by atoms with E-state index in [9.17, 15) is 9.59 Å². The standard InChI is InChI=1S/C19H13N3O5/c1-26-17-9-16-12(7-13(18(23)24)19(25)27-16)8-15(17)22-10-14(20-21-22)11-5-3-2-4-6-11/h2-10H,1H3,(H,23,24). The number of carboxylic acid groups (broad SMARTS) is 1. The molecule has 2 aromatic heterocycles. The lowest BCUT2D eigenvalue weighted by molar-refractivity contribution is 0.0692. The molecule has 2 aromatic carbocycles. The van der Waals surface area contributed by atoms with E-state index in [0.29, 0.717) is 22.5 Å². The first-order chi connectivity index (χ1) is 13.1. The Balaban J connectivity index is 1.88. The molecule has 0 saturated heterocycles. The summed E-state index contributed by atoms with van der Waals surface area (Å²) < 4.78 is 12.0. The number of hydrogen-bond acceptors (Lipinski definition) is 6. The number of rotatable bonds is 4. The zero-order valence-corrected chi connectivity index (χ0v) is 14.1. The van der Waals surface area contributed by atoms with Crippen LogP contribution >= 0.6 is 0 Å². The second-order valence-electron chi connectivity index (χ2n) is 5.73. The van der Waals surface area contributed by atoms with Crippen molar-refractivity contribution in [1.29, 1.82) is 0 Å². The minimum absolute atomic E-state index is 0.217. The Kier molecular flexibility index (Phi) is 3.92. The number of benzene rings is 2. The fraction of sp³-hybridized carbons (Fsp3) is 0.0526. The Morgan fingerprint density at radius 3 is 2.67 bits per heavy atom. The highest BCUT2D eigenvalue weighted by Gasteiger charge is 2.16. The van der Waals surface area contributed by atoms with Crippen LogP contribution in [0.5, 0.6) is 5.75 Å². The molecule has 4 rings (SSSR count). The lowest BCUT2D eigenvalue weighted by atomic mass is 10.1. The number of hydrogen-bond donors (Lipinski definition) is 1. The molecule has 0 amide bonds. The third-order valence-corrected chi connectivity index (χ3v) is 4.07. The van der Waals surface area contributed by atoms with Crippen LogP contribution in [0.3, 0.4) is 0 Å². The van der Waals surface area contributed by atoms with Crippen LogP contribution in [0.15, 0.2) is 63.9 Å². The van der Waals surface area contributed by atoms with Crippen molar-refractivity contribution in [2.45, 2.75) is 0 Å². The van der Waals surface area contributed by atoms with E-state index >= 15 is 0 Å². The normalized spacial score (nSPS) is 10.9. The van der Waals surface area contributed by atoms with E-state index < -0.39 is 17.2 Å². The van der Waals surface area contributed by atoms with Gasteiger partial charge in [-0.1, -0.05) is 35.5 Å². The summed E-state index contributed by atoms with van der Waals surface area (Å²) in [6.45, 7) is 0. The molecule has 0 saturated carbocycles. The maximum Gasteiger partial charge on any atom is 0.351 e. The maximum atomic E-state index is 11.8. The molecule has 0 unspecified atom stereocenters. The molecular weight excluding hydrogens is 350 g/mol. The van der Waals surface area contributed by atoms with Gasteiger partial charge in [-0.3, -0.25) is 0 Å². The van der Waals surface area contributed by atoms with Crippen LogP contribution in [0.4, 0.5) is 0 Å². The van der Waals surface area contributed by atoms with Crippen molar-refractivity contribution in [3.05, 3.63) is 70.7 Å². The quantitative estimate of drug-likeness (QED) is 0.555. The highest BCUT2D eigenvalue weighted by atomic mass is 16.5. The summed E-state index contributed by atoms with van der Waals surface area (Å²) in [6, 6.07) is 14.0. The highest BCUT2D eigenvalue weighted by Crippen LogP contribution is 2.29. The SMILES string of the molecule is COc1cc2oc(=O)c(C(=O)O)cc2cc1-n1cc(-c2ccccc2)nn1. The number of nitrogens with zero attached hydrogens (tertiary/aromatic N) is 3. The predicted molar refractivity (Wildman–Crippen MR) is 96.3 cm³/mol. The summed E-state index contributed by atoms with van der Waals surface area (Å²) in [5, 5.41) is 17.9. The first-order valence-corrected chi connectivity index (χ1v) is 7.94. The van der Waals surface area contributed by atoms with Gasteiger partial charge in [0.2, 0.25) is 0 Å². The fourth-order valence-corrected chi connectivity index (χ4v) is 2.75. The van der Waals surface area contributed by atoms with Gasteiger partial charge in [0.05, 0.1) is 13.3 Å². The minimum Gasteiger partial charge on any atom is -0.494 e. The molecule has 0 radical (unpaired) electrons. The van der Waals surface area contributed by atoms with E-state index in [1.807, 2.05) is 30.3 Å². The molecule has 134 valence electrons.